The van der Waals surface area contributed by atoms with Gasteiger partial charge in [0.2, 0.25) is 0 Å². The molecular weight excluding hydrogens is 492 g/mol. The maximum atomic E-state index is 12.3. The molecule has 176 valence electrons. The zero-order valence-electron chi connectivity index (χ0n) is 19.2. The lowest BCUT2D eigenvalue weighted by Crippen LogP contribution is -2.16. The number of pyridine rings is 1. The van der Waals surface area contributed by atoms with Crippen LogP contribution in [0, 0.1) is 19.3 Å². The summed E-state index contributed by atoms with van der Waals surface area (Å²) in [5, 5.41) is 22.5. The van der Waals surface area contributed by atoms with Crippen molar-refractivity contribution in [3.05, 3.63) is 57.5 Å². The molecule has 1 aromatic carbocycles. The van der Waals surface area contributed by atoms with Crippen molar-refractivity contribution in [2.75, 3.05) is 12.4 Å². The number of benzene rings is 1. The minimum absolute atomic E-state index is 0.107. The van der Waals surface area contributed by atoms with E-state index in [-0.39, 0.29) is 16.7 Å². The number of allylic oxidation sites excluding steroid dienone is 1. The monoisotopic (exact) mass is 514 g/mol. The van der Waals surface area contributed by atoms with Crippen LogP contribution in [0.15, 0.2) is 34.2 Å². The summed E-state index contributed by atoms with van der Waals surface area (Å²) in [6, 6.07) is 7.23. The van der Waals surface area contributed by atoms with Crippen molar-refractivity contribution in [3.63, 3.8) is 0 Å². The lowest BCUT2D eigenvalue weighted by Gasteiger charge is -2.23. The highest BCUT2D eigenvalue weighted by molar-refractivity contribution is 8.01. The Morgan fingerprint density at radius 1 is 1.21 bits per heavy atom. The smallest absolute Gasteiger partial charge is 0.353 e. The molecule has 0 spiro atoms. The van der Waals surface area contributed by atoms with E-state index < -0.39 is 5.97 Å². The number of nitrogens with zero attached hydrogens (tertiary/aromatic N) is 2. The van der Waals surface area contributed by atoms with E-state index >= 15 is 0 Å². The Hall–Kier alpha value is -2.88. The number of fused-ring (bicyclic) bond motifs is 3. The maximum Gasteiger partial charge on any atom is 0.353 e. The highest BCUT2D eigenvalue weighted by Gasteiger charge is 2.30. The van der Waals surface area contributed by atoms with Crippen LogP contribution in [0.4, 0.5) is 5.13 Å². The van der Waals surface area contributed by atoms with Gasteiger partial charge in [0, 0.05) is 38.5 Å². The molecule has 1 aliphatic rings. The number of thiazole rings is 1. The molecule has 2 aromatic heterocycles. The van der Waals surface area contributed by atoms with Crippen LogP contribution in [0.25, 0.3) is 16.8 Å². The quantitative estimate of drug-likeness (QED) is 0.251. The number of aryl methyl sites for hydroxylation is 2. The van der Waals surface area contributed by atoms with Gasteiger partial charge in [0.05, 0.1) is 11.3 Å². The number of carboxylic acids is 1. The van der Waals surface area contributed by atoms with Crippen molar-refractivity contribution < 1.29 is 14.6 Å². The summed E-state index contributed by atoms with van der Waals surface area (Å²) < 4.78 is 6.55. The van der Waals surface area contributed by atoms with Gasteiger partial charge in [-0.15, -0.1) is 11.8 Å². The van der Waals surface area contributed by atoms with E-state index in [1.807, 2.05) is 19.9 Å². The number of hydrogen-bond acceptors (Lipinski definition) is 8. The van der Waals surface area contributed by atoms with Gasteiger partial charge in [-0.05, 0) is 63.1 Å². The third-order valence-corrected chi connectivity index (χ3v) is 7.85. The highest BCUT2D eigenvalue weighted by Crippen LogP contribution is 2.55. The van der Waals surface area contributed by atoms with Gasteiger partial charge in [0.25, 0.3) is 0 Å². The molecule has 3 N–H and O–H groups in total. The van der Waals surface area contributed by atoms with E-state index in [1.54, 1.807) is 44.0 Å². The van der Waals surface area contributed by atoms with E-state index in [1.165, 1.54) is 11.3 Å². The molecule has 0 radical (unpaired) electrons. The summed E-state index contributed by atoms with van der Waals surface area (Å²) >= 11 is 9.31. The fourth-order valence-electron chi connectivity index (χ4n) is 4.02. The Bertz CT molecular complexity index is 1350. The SMILES string of the molecule is COc1cc(Cl)cc2c1-c1nc(N/C(C(=O)O)=C(\C(C)=N)c3cc(C)nc(C)c3)sc1SC2C. The van der Waals surface area contributed by atoms with Gasteiger partial charge >= 0.3 is 5.97 Å². The minimum atomic E-state index is -1.17. The molecule has 7 nitrogen and oxygen atoms in total. The van der Waals surface area contributed by atoms with E-state index in [2.05, 4.69) is 17.2 Å². The second-order valence-corrected chi connectivity index (χ2v) is 11.0. The molecule has 10 heteroatoms. The van der Waals surface area contributed by atoms with Crippen LogP contribution < -0.4 is 10.1 Å². The first kappa shape index (κ1) is 24.3. The molecular formula is C24H23ClN4O3S2. The Balaban J connectivity index is 1.85. The van der Waals surface area contributed by atoms with Crippen LogP contribution >= 0.6 is 34.7 Å². The van der Waals surface area contributed by atoms with Gasteiger partial charge in [-0.25, -0.2) is 9.78 Å². The van der Waals surface area contributed by atoms with Crippen molar-refractivity contribution in [1.29, 1.82) is 5.41 Å². The number of carboxylic acid groups (broad SMARTS) is 1. The Morgan fingerprint density at radius 2 is 1.88 bits per heavy atom. The predicted molar refractivity (Wildman–Crippen MR) is 139 cm³/mol. The van der Waals surface area contributed by atoms with Crippen LogP contribution in [-0.4, -0.2) is 33.9 Å². The van der Waals surface area contributed by atoms with Gasteiger partial charge < -0.3 is 20.6 Å². The summed E-state index contributed by atoms with van der Waals surface area (Å²) in [5.74, 6) is -0.548. The molecule has 34 heavy (non-hydrogen) atoms. The summed E-state index contributed by atoms with van der Waals surface area (Å²) in [5.41, 5.74) is 5.03. The normalized spacial score (nSPS) is 15.2. The fraction of sp³-hybridized carbons (Fsp3) is 0.250. The minimum Gasteiger partial charge on any atom is -0.496 e. The maximum absolute atomic E-state index is 12.3. The van der Waals surface area contributed by atoms with Crippen molar-refractivity contribution in [2.45, 2.75) is 37.2 Å². The van der Waals surface area contributed by atoms with Crippen molar-refractivity contribution in [2.24, 2.45) is 0 Å². The number of aromatic nitrogens is 2. The van der Waals surface area contributed by atoms with Gasteiger partial charge in [0.15, 0.2) is 5.13 Å². The number of methoxy groups -OCH3 is 1. The third-order valence-electron chi connectivity index (χ3n) is 5.31. The third kappa shape index (κ3) is 4.55. The van der Waals surface area contributed by atoms with E-state index in [4.69, 9.17) is 26.7 Å². The predicted octanol–water partition coefficient (Wildman–Crippen LogP) is 6.60. The molecule has 3 heterocycles. The largest absolute Gasteiger partial charge is 0.496 e. The zero-order valence-corrected chi connectivity index (χ0v) is 21.6. The number of ether oxygens (including phenoxy) is 1. The first-order valence-electron chi connectivity index (χ1n) is 10.4. The van der Waals surface area contributed by atoms with Gasteiger partial charge in [-0.1, -0.05) is 22.9 Å². The van der Waals surface area contributed by atoms with Gasteiger partial charge in [-0.3, -0.25) is 4.98 Å². The van der Waals surface area contributed by atoms with E-state index in [0.717, 1.165) is 32.4 Å². The molecule has 0 amide bonds. The molecule has 0 aliphatic carbocycles. The molecule has 0 saturated heterocycles. The lowest BCUT2D eigenvalue weighted by atomic mass is 9.99. The molecule has 4 rings (SSSR count). The van der Waals surface area contributed by atoms with Crippen LogP contribution in [0.5, 0.6) is 5.75 Å². The van der Waals surface area contributed by atoms with E-state index in [9.17, 15) is 9.90 Å². The first-order valence-corrected chi connectivity index (χ1v) is 12.5. The molecule has 1 aliphatic heterocycles. The fourth-order valence-corrected chi connectivity index (χ4v) is 6.70. The molecule has 0 bridgehead atoms. The molecule has 1 unspecified atom stereocenters. The van der Waals surface area contributed by atoms with Crippen molar-refractivity contribution in [1.82, 2.24) is 9.97 Å². The molecule has 0 saturated carbocycles. The Kier molecular flexibility index (Phi) is 6.71. The van der Waals surface area contributed by atoms with Crippen LogP contribution in [0.2, 0.25) is 5.02 Å². The number of carbonyl (C=O) groups is 1. The van der Waals surface area contributed by atoms with Gasteiger partial charge in [0.1, 0.15) is 17.1 Å². The average Bonchev–Trinajstić information content (AvgIpc) is 3.13. The van der Waals surface area contributed by atoms with Crippen molar-refractivity contribution in [3.8, 4) is 17.0 Å². The summed E-state index contributed by atoms with van der Waals surface area (Å²) in [4.78, 5) is 21.4. The number of anilines is 1. The highest BCUT2D eigenvalue weighted by atomic mass is 35.5. The summed E-state index contributed by atoms with van der Waals surface area (Å²) in [7, 11) is 1.59. The number of thioether (sulfide) groups is 1. The topological polar surface area (TPSA) is 108 Å². The zero-order chi connectivity index (χ0) is 24.7. The van der Waals surface area contributed by atoms with Crippen molar-refractivity contribution >= 4 is 57.1 Å². The number of nitrogens with one attached hydrogen (secondary N) is 2. The number of halogens is 1. The lowest BCUT2D eigenvalue weighted by molar-refractivity contribution is -0.132. The van der Waals surface area contributed by atoms with Crippen LogP contribution in [0.1, 0.15) is 41.6 Å². The Morgan fingerprint density at radius 3 is 2.47 bits per heavy atom. The van der Waals surface area contributed by atoms with Gasteiger partial charge in [-0.2, -0.15) is 0 Å². The summed E-state index contributed by atoms with van der Waals surface area (Å²) in [6.45, 7) is 7.33. The second kappa shape index (κ2) is 9.40. The van der Waals surface area contributed by atoms with Crippen LogP contribution in [0.3, 0.4) is 0 Å². The average molecular weight is 515 g/mol. The molecule has 3 aromatic rings. The molecule has 0 fully saturated rings. The Labute approximate surface area is 210 Å². The second-order valence-electron chi connectivity index (χ2n) is 7.93. The van der Waals surface area contributed by atoms with Crippen LogP contribution in [-0.2, 0) is 4.79 Å². The first-order chi connectivity index (χ1) is 16.1. The standard InChI is InChI=1S/C24H23ClN4O3S2/c1-10-6-14(7-11(2)27-10)18(12(3)26)20(22(30)31)28-24-29-21-19-16(13(4)33-23(21)34-24)8-15(25)9-17(19)32-5/h6-9,13,26H,1-5H3,(H,28,29)(H,30,31)/b20-18+,26-12?. The number of aliphatic carboxylic acids is 1. The van der Waals surface area contributed by atoms with E-state index in [0.29, 0.717) is 27.0 Å². The molecule has 1 atom stereocenters. The summed E-state index contributed by atoms with van der Waals surface area (Å²) in [6.07, 6.45) is 0. The number of rotatable bonds is 6. The number of hydrogen-bond donors (Lipinski definition) is 3.